The number of nitrogens with one attached hydrogen (secondary N) is 1. The Morgan fingerprint density at radius 2 is 1.71 bits per heavy atom. The number of hydrogen-bond donors (Lipinski definition) is 2. The van der Waals surface area contributed by atoms with Crippen molar-refractivity contribution in [3.8, 4) is 0 Å². The molecule has 0 atom stereocenters. The number of aryl methyl sites for hydroxylation is 1. The molecule has 0 bridgehead atoms. The van der Waals surface area contributed by atoms with Crippen molar-refractivity contribution in [1.29, 1.82) is 0 Å². The maximum Gasteiger partial charge on any atom is 0.269 e. The molecule has 0 aromatic heterocycles. The van der Waals surface area contributed by atoms with Crippen molar-refractivity contribution in [3.05, 3.63) is 74.8 Å². The van der Waals surface area contributed by atoms with Crippen LogP contribution < -0.4 is 11.1 Å². The number of benzene rings is 2. The van der Waals surface area contributed by atoms with E-state index in [1.165, 1.54) is 36.0 Å². The van der Waals surface area contributed by atoms with E-state index in [1.807, 2.05) is 37.4 Å². The smallest absolute Gasteiger partial charge is 0.269 e. The predicted molar refractivity (Wildman–Crippen MR) is 97.5 cm³/mol. The van der Waals surface area contributed by atoms with Crippen LogP contribution in [0.5, 0.6) is 0 Å². The van der Waals surface area contributed by atoms with Gasteiger partial charge in [-0.1, -0.05) is 17.7 Å². The summed E-state index contributed by atoms with van der Waals surface area (Å²) in [6, 6.07) is 13.5. The summed E-state index contributed by atoms with van der Waals surface area (Å²) < 4.78 is 0. The average Bonchev–Trinajstić information content (AvgIpc) is 2.56. The molecule has 2 aromatic carbocycles. The Kier molecular flexibility index (Phi) is 5.59. The third kappa shape index (κ3) is 4.14. The second-order valence-electron chi connectivity index (χ2n) is 5.07. The number of nitrogens with zero attached hydrogens (tertiary/aromatic N) is 1. The van der Waals surface area contributed by atoms with E-state index in [2.05, 4.69) is 5.32 Å². The Hall–Kier alpha value is -2.80. The zero-order valence-electron chi connectivity index (χ0n) is 13.3. The van der Waals surface area contributed by atoms with Crippen molar-refractivity contribution in [3.63, 3.8) is 0 Å². The van der Waals surface area contributed by atoms with Crippen LogP contribution in [0.15, 0.2) is 53.6 Å². The van der Waals surface area contributed by atoms with Gasteiger partial charge in [0.05, 0.1) is 15.5 Å². The lowest BCUT2D eigenvalue weighted by Crippen LogP contribution is -2.16. The summed E-state index contributed by atoms with van der Waals surface area (Å²) in [5.41, 5.74) is 8.26. The molecular weight excluding hydrogens is 326 g/mol. The maximum atomic E-state index is 11.9. The average molecular weight is 343 g/mol. The predicted octanol–water partition coefficient (Wildman–Crippen LogP) is 3.53. The zero-order valence-corrected chi connectivity index (χ0v) is 14.1. The molecule has 24 heavy (non-hydrogen) atoms. The Morgan fingerprint density at radius 3 is 2.17 bits per heavy atom. The number of rotatable bonds is 6. The highest BCUT2D eigenvalue weighted by molar-refractivity contribution is 8.02. The van der Waals surface area contributed by atoms with Gasteiger partial charge < -0.3 is 11.1 Å². The first kappa shape index (κ1) is 17.6. The summed E-state index contributed by atoms with van der Waals surface area (Å²) in [5, 5.41) is 14.5. The van der Waals surface area contributed by atoms with Crippen LogP contribution in [0, 0.1) is 17.0 Å². The minimum Gasteiger partial charge on any atom is -0.365 e. The molecule has 1 amide bonds. The quantitative estimate of drug-likeness (QED) is 0.475. The van der Waals surface area contributed by atoms with Gasteiger partial charge in [-0.05, 0) is 43.0 Å². The van der Waals surface area contributed by atoms with Gasteiger partial charge in [-0.25, -0.2) is 0 Å². The van der Waals surface area contributed by atoms with Crippen LogP contribution in [0.1, 0.15) is 11.1 Å². The van der Waals surface area contributed by atoms with Gasteiger partial charge in [0.25, 0.3) is 11.6 Å². The molecule has 7 heteroatoms. The third-order valence-electron chi connectivity index (χ3n) is 3.35. The number of hydrogen-bond acceptors (Lipinski definition) is 5. The van der Waals surface area contributed by atoms with Crippen LogP contribution in [0.4, 0.5) is 11.4 Å². The van der Waals surface area contributed by atoms with Gasteiger partial charge in [-0.15, -0.1) is 11.8 Å². The number of carbonyl (C=O) groups excluding carboxylic acids is 1. The van der Waals surface area contributed by atoms with Gasteiger partial charge in [-0.3, -0.25) is 14.9 Å². The van der Waals surface area contributed by atoms with Crippen LogP contribution in [-0.2, 0) is 4.79 Å². The molecule has 124 valence electrons. The summed E-state index contributed by atoms with van der Waals surface area (Å²) in [6.07, 6.45) is 1.82. The molecule has 6 nitrogen and oxygen atoms in total. The van der Waals surface area contributed by atoms with Gasteiger partial charge in [0.15, 0.2) is 0 Å². The van der Waals surface area contributed by atoms with E-state index in [4.69, 9.17) is 5.73 Å². The fraction of sp³-hybridized carbons (Fsp3) is 0.118. The van der Waals surface area contributed by atoms with Crippen molar-refractivity contribution in [1.82, 2.24) is 0 Å². The van der Waals surface area contributed by atoms with Gasteiger partial charge >= 0.3 is 0 Å². The normalized spacial score (nSPS) is 11.6. The molecule has 0 aliphatic rings. The fourth-order valence-corrected chi connectivity index (χ4v) is 2.76. The van der Waals surface area contributed by atoms with Crippen molar-refractivity contribution >= 4 is 34.6 Å². The van der Waals surface area contributed by atoms with E-state index in [0.29, 0.717) is 10.6 Å². The van der Waals surface area contributed by atoms with E-state index in [0.717, 1.165) is 11.3 Å². The minimum atomic E-state index is -0.604. The van der Waals surface area contributed by atoms with Crippen LogP contribution in [0.2, 0.25) is 0 Å². The van der Waals surface area contributed by atoms with E-state index >= 15 is 0 Å². The summed E-state index contributed by atoms with van der Waals surface area (Å²) >= 11 is 1.34. The van der Waals surface area contributed by atoms with Crippen molar-refractivity contribution in [2.75, 3.05) is 11.6 Å². The first-order chi connectivity index (χ1) is 11.4. The van der Waals surface area contributed by atoms with Crippen LogP contribution >= 0.6 is 11.8 Å². The first-order valence-electron chi connectivity index (χ1n) is 7.09. The molecule has 2 rings (SSSR count). The van der Waals surface area contributed by atoms with E-state index in [1.54, 1.807) is 0 Å². The highest BCUT2D eigenvalue weighted by Crippen LogP contribution is 2.28. The van der Waals surface area contributed by atoms with Gasteiger partial charge in [0.1, 0.15) is 0 Å². The molecule has 3 N–H and O–H groups in total. The van der Waals surface area contributed by atoms with Gasteiger partial charge in [0.2, 0.25) is 0 Å². The molecule has 0 saturated heterocycles. The number of non-ortho nitro benzene ring substituents is 1. The van der Waals surface area contributed by atoms with Crippen molar-refractivity contribution in [2.45, 2.75) is 6.92 Å². The number of nitrogens with two attached hydrogens (primary N) is 1. The summed E-state index contributed by atoms with van der Waals surface area (Å²) in [4.78, 5) is 22.2. The van der Waals surface area contributed by atoms with E-state index in [-0.39, 0.29) is 11.3 Å². The molecular formula is C17H17N3O3S. The van der Waals surface area contributed by atoms with Crippen LogP contribution in [0.25, 0.3) is 5.57 Å². The lowest BCUT2D eigenvalue weighted by Gasteiger charge is -2.14. The number of primary amides is 1. The maximum absolute atomic E-state index is 11.9. The molecule has 0 spiro atoms. The number of nitro groups is 1. The summed E-state index contributed by atoms with van der Waals surface area (Å²) in [6.45, 7) is 1.99. The molecule has 0 saturated carbocycles. The topological polar surface area (TPSA) is 98.3 Å². The largest absolute Gasteiger partial charge is 0.365 e. The number of carbonyl (C=O) groups is 1. The van der Waals surface area contributed by atoms with Gasteiger partial charge in [0, 0.05) is 17.8 Å². The van der Waals surface area contributed by atoms with E-state index in [9.17, 15) is 14.9 Å². The lowest BCUT2D eigenvalue weighted by molar-refractivity contribution is -0.384. The fourth-order valence-electron chi connectivity index (χ4n) is 2.12. The van der Waals surface area contributed by atoms with Gasteiger partial charge in [-0.2, -0.15) is 0 Å². The second-order valence-corrected chi connectivity index (χ2v) is 5.88. The van der Waals surface area contributed by atoms with E-state index < -0.39 is 10.8 Å². The highest BCUT2D eigenvalue weighted by Gasteiger charge is 2.16. The molecule has 2 aromatic rings. The SMILES string of the molecule is CS/C(Nc1ccc(C)cc1)=C(\C(N)=O)c1ccc([N+](=O)[O-])cc1. The van der Waals surface area contributed by atoms with Crippen molar-refractivity contribution in [2.24, 2.45) is 5.73 Å². The first-order valence-corrected chi connectivity index (χ1v) is 8.31. The zero-order chi connectivity index (χ0) is 17.7. The Morgan fingerprint density at radius 1 is 1.12 bits per heavy atom. The minimum absolute atomic E-state index is 0.0419. The second kappa shape index (κ2) is 7.65. The monoisotopic (exact) mass is 343 g/mol. The Labute approximate surface area is 143 Å². The van der Waals surface area contributed by atoms with Crippen molar-refractivity contribution < 1.29 is 9.72 Å². The molecule has 0 fully saturated rings. The molecule has 0 aliphatic heterocycles. The highest BCUT2D eigenvalue weighted by atomic mass is 32.2. The number of nitro benzene ring substituents is 1. The lowest BCUT2D eigenvalue weighted by atomic mass is 10.1. The number of anilines is 1. The number of amides is 1. The Balaban J connectivity index is 2.44. The molecule has 0 heterocycles. The van der Waals surface area contributed by atoms with Crippen LogP contribution in [0.3, 0.4) is 0 Å². The summed E-state index contributed by atoms with van der Waals surface area (Å²) in [7, 11) is 0. The molecule has 0 radical (unpaired) electrons. The third-order valence-corrected chi connectivity index (χ3v) is 4.07. The number of thioether (sulfide) groups is 1. The molecule has 0 aliphatic carbocycles. The summed E-state index contributed by atoms with van der Waals surface area (Å²) in [5.74, 6) is -0.604. The molecule has 0 unspecified atom stereocenters. The Bertz CT molecular complexity index is 784. The standard InChI is InChI=1S/C17H17N3O3S/c1-11-3-7-13(8-4-11)19-17(24-2)15(16(18)21)12-5-9-14(10-6-12)20(22)23/h3-10,19H,1-2H3,(H2,18,21)/b17-15-. The van der Waals surface area contributed by atoms with Crippen LogP contribution in [-0.4, -0.2) is 17.1 Å².